The third-order valence-electron chi connectivity index (χ3n) is 3.68. The van der Waals surface area contributed by atoms with Crippen LogP contribution in [0.3, 0.4) is 0 Å². The molecule has 0 aliphatic carbocycles. The molecule has 2 heterocycles. The molecular formula is C16H17ClN8O. The molecule has 0 atom stereocenters. The number of amides is 1. The van der Waals surface area contributed by atoms with Crippen LogP contribution in [0.25, 0.3) is 10.9 Å². The lowest BCUT2D eigenvalue weighted by atomic mass is 10.1. The second kappa shape index (κ2) is 7.28. The van der Waals surface area contributed by atoms with E-state index < -0.39 is 11.9 Å². The van der Waals surface area contributed by atoms with E-state index in [1.165, 1.54) is 0 Å². The van der Waals surface area contributed by atoms with Gasteiger partial charge >= 0.3 is 5.91 Å². The third kappa shape index (κ3) is 3.67. The summed E-state index contributed by atoms with van der Waals surface area (Å²) >= 11 is 6.08. The topological polar surface area (TPSA) is 161 Å². The molecule has 0 bridgehead atoms. The van der Waals surface area contributed by atoms with Crippen molar-refractivity contribution in [3.8, 4) is 0 Å². The van der Waals surface area contributed by atoms with Gasteiger partial charge in [-0.3, -0.25) is 4.79 Å². The number of benzene rings is 1. The molecule has 3 aromatic rings. The van der Waals surface area contributed by atoms with E-state index in [1.54, 1.807) is 0 Å². The number of aromatic nitrogens is 3. The maximum atomic E-state index is 11.8. The molecule has 134 valence electrons. The summed E-state index contributed by atoms with van der Waals surface area (Å²) in [6.45, 7) is 0.552. The Labute approximate surface area is 153 Å². The number of halogens is 1. The zero-order valence-corrected chi connectivity index (χ0v) is 14.4. The van der Waals surface area contributed by atoms with E-state index in [-0.39, 0.29) is 22.5 Å². The number of nitrogens with two attached hydrogens (primary N) is 3. The van der Waals surface area contributed by atoms with E-state index in [9.17, 15) is 4.79 Å². The molecule has 2 aromatic heterocycles. The van der Waals surface area contributed by atoms with Gasteiger partial charge in [-0.25, -0.2) is 9.97 Å². The van der Waals surface area contributed by atoms with Gasteiger partial charge in [0.05, 0.1) is 0 Å². The van der Waals surface area contributed by atoms with Gasteiger partial charge in [-0.2, -0.15) is 4.99 Å². The van der Waals surface area contributed by atoms with Crippen LogP contribution in [0.4, 0.5) is 11.6 Å². The number of para-hydroxylation sites is 1. The summed E-state index contributed by atoms with van der Waals surface area (Å²) in [5.74, 6) is -1.03. The summed E-state index contributed by atoms with van der Waals surface area (Å²) in [7, 11) is 0. The van der Waals surface area contributed by atoms with Crippen LogP contribution in [0.2, 0.25) is 5.15 Å². The zero-order chi connectivity index (χ0) is 18.7. The Morgan fingerprint density at radius 3 is 2.81 bits per heavy atom. The van der Waals surface area contributed by atoms with E-state index in [2.05, 4.69) is 31.3 Å². The number of aliphatic imine (C=N–C) groups is 1. The Morgan fingerprint density at radius 2 is 2.04 bits per heavy atom. The number of hydrogen-bond donors (Lipinski definition) is 5. The van der Waals surface area contributed by atoms with E-state index in [4.69, 9.17) is 28.8 Å². The highest BCUT2D eigenvalue weighted by molar-refractivity contribution is 6.32. The molecule has 0 aliphatic rings. The van der Waals surface area contributed by atoms with Gasteiger partial charge in [0.15, 0.2) is 28.4 Å². The monoisotopic (exact) mass is 372 g/mol. The van der Waals surface area contributed by atoms with Crippen LogP contribution in [0, 0.1) is 0 Å². The number of hydrogen-bond acceptors (Lipinski definition) is 5. The lowest BCUT2D eigenvalue weighted by Gasteiger charge is -2.09. The first-order valence-electron chi connectivity index (χ1n) is 7.71. The number of aromatic amines is 1. The largest absolute Gasteiger partial charge is 0.382 e. The molecule has 0 spiro atoms. The summed E-state index contributed by atoms with van der Waals surface area (Å²) in [5.41, 5.74) is 18.1. The number of anilines is 2. The van der Waals surface area contributed by atoms with Crippen molar-refractivity contribution in [2.24, 2.45) is 16.5 Å². The Hall–Kier alpha value is -3.33. The number of fused-ring (bicyclic) bond motifs is 1. The number of carbonyl (C=O) groups excluding carboxylic acids is 1. The van der Waals surface area contributed by atoms with Crippen molar-refractivity contribution in [1.29, 1.82) is 0 Å². The number of guanidine groups is 1. The van der Waals surface area contributed by atoms with Gasteiger partial charge in [0, 0.05) is 23.6 Å². The zero-order valence-electron chi connectivity index (χ0n) is 13.7. The summed E-state index contributed by atoms with van der Waals surface area (Å²) in [4.78, 5) is 26.4. The number of H-pyrrole nitrogens is 1. The Kier molecular flexibility index (Phi) is 4.90. The minimum absolute atomic E-state index is 0.00673. The van der Waals surface area contributed by atoms with Gasteiger partial charge in [0.25, 0.3) is 0 Å². The van der Waals surface area contributed by atoms with Crippen molar-refractivity contribution < 1.29 is 4.79 Å². The Balaban J connectivity index is 1.71. The molecule has 1 aromatic carbocycles. The first kappa shape index (κ1) is 17.5. The normalized spacial score (nSPS) is 10.7. The van der Waals surface area contributed by atoms with Crippen molar-refractivity contribution >= 4 is 46.0 Å². The minimum atomic E-state index is -0.803. The van der Waals surface area contributed by atoms with Crippen molar-refractivity contribution in [1.82, 2.24) is 15.0 Å². The molecule has 0 aliphatic heterocycles. The third-order valence-corrected chi connectivity index (χ3v) is 3.94. The Morgan fingerprint density at radius 1 is 1.27 bits per heavy atom. The second-order valence-electron chi connectivity index (χ2n) is 5.47. The highest BCUT2D eigenvalue weighted by Gasteiger charge is 2.16. The van der Waals surface area contributed by atoms with Gasteiger partial charge in [0.2, 0.25) is 0 Å². The Bertz CT molecular complexity index is 993. The molecule has 0 saturated heterocycles. The summed E-state index contributed by atoms with van der Waals surface area (Å²) in [6, 6.07) is 8.03. The van der Waals surface area contributed by atoms with E-state index >= 15 is 0 Å². The molecule has 8 N–H and O–H groups in total. The van der Waals surface area contributed by atoms with Gasteiger partial charge in [-0.15, -0.1) is 0 Å². The van der Waals surface area contributed by atoms with Crippen LogP contribution in [0.1, 0.15) is 16.1 Å². The van der Waals surface area contributed by atoms with E-state index in [1.807, 2.05) is 24.4 Å². The number of nitrogen functional groups attached to an aromatic ring is 1. The number of carbonyl (C=O) groups is 1. The first-order chi connectivity index (χ1) is 12.5. The van der Waals surface area contributed by atoms with Gasteiger partial charge in [-0.05, 0) is 18.1 Å². The van der Waals surface area contributed by atoms with Crippen molar-refractivity contribution in [3.63, 3.8) is 0 Å². The van der Waals surface area contributed by atoms with Crippen molar-refractivity contribution in [2.75, 3.05) is 17.6 Å². The molecule has 0 unspecified atom stereocenters. The van der Waals surface area contributed by atoms with E-state index in [0.29, 0.717) is 6.54 Å². The minimum Gasteiger partial charge on any atom is -0.382 e. The number of nitrogens with one attached hydrogen (secondary N) is 2. The lowest BCUT2D eigenvalue weighted by molar-refractivity contribution is 0.0998. The van der Waals surface area contributed by atoms with Crippen LogP contribution in [-0.2, 0) is 6.42 Å². The average Bonchev–Trinajstić information content (AvgIpc) is 3.00. The quantitative estimate of drug-likeness (QED) is 0.332. The van der Waals surface area contributed by atoms with Crippen LogP contribution in [-0.4, -0.2) is 33.4 Å². The SMILES string of the molecule is NC(N)=NC(=O)c1nc(Cl)c(NCCc2c[nH]c3ccccc23)nc1N. The standard InChI is InChI=1S/C16H17ClN8O/c17-12-14(24-13(18)11(23-12)15(26)25-16(19)20)21-6-5-8-7-22-10-4-2-1-3-9(8)10/h1-4,7,22H,5-6H2,(H3,18,21,24)(H4,19,20,25,26). The summed E-state index contributed by atoms with van der Waals surface area (Å²) in [6.07, 6.45) is 2.70. The fourth-order valence-electron chi connectivity index (χ4n) is 2.52. The molecule has 0 radical (unpaired) electrons. The lowest BCUT2D eigenvalue weighted by Crippen LogP contribution is -2.25. The summed E-state index contributed by atoms with van der Waals surface area (Å²) in [5, 5.41) is 4.23. The van der Waals surface area contributed by atoms with Gasteiger partial charge in [0.1, 0.15) is 0 Å². The van der Waals surface area contributed by atoms with Crippen LogP contribution >= 0.6 is 11.6 Å². The van der Waals surface area contributed by atoms with Crippen LogP contribution < -0.4 is 22.5 Å². The van der Waals surface area contributed by atoms with Gasteiger partial charge < -0.3 is 27.5 Å². The molecule has 1 amide bonds. The second-order valence-corrected chi connectivity index (χ2v) is 5.83. The molecule has 3 rings (SSSR count). The molecular weight excluding hydrogens is 356 g/mol. The fourth-order valence-corrected chi connectivity index (χ4v) is 2.72. The predicted octanol–water partition coefficient (Wildman–Crippen LogP) is 1.26. The van der Waals surface area contributed by atoms with E-state index in [0.717, 1.165) is 22.9 Å². The average molecular weight is 373 g/mol. The fraction of sp³-hybridized carbons (Fsp3) is 0.125. The molecule has 9 nitrogen and oxygen atoms in total. The van der Waals surface area contributed by atoms with Crippen LogP contribution in [0.15, 0.2) is 35.5 Å². The molecule has 10 heteroatoms. The van der Waals surface area contributed by atoms with Crippen molar-refractivity contribution in [2.45, 2.75) is 6.42 Å². The highest BCUT2D eigenvalue weighted by atomic mass is 35.5. The number of rotatable bonds is 5. The smallest absolute Gasteiger partial charge is 0.302 e. The highest BCUT2D eigenvalue weighted by Crippen LogP contribution is 2.22. The number of nitrogens with zero attached hydrogens (tertiary/aromatic N) is 3. The molecule has 0 saturated carbocycles. The van der Waals surface area contributed by atoms with Crippen molar-refractivity contribution in [3.05, 3.63) is 46.9 Å². The van der Waals surface area contributed by atoms with Crippen LogP contribution in [0.5, 0.6) is 0 Å². The molecule has 26 heavy (non-hydrogen) atoms. The maximum absolute atomic E-state index is 11.8. The summed E-state index contributed by atoms with van der Waals surface area (Å²) < 4.78 is 0. The predicted molar refractivity (Wildman–Crippen MR) is 102 cm³/mol. The first-order valence-corrected chi connectivity index (χ1v) is 8.09. The molecule has 0 fully saturated rings. The van der Waals surface area contributed by atoms with Gasteiger partial charge in [-0.1, -0.05) is 29.8 Å². The maximum Gasteiger partial charge on any atom is 0.302 e.